The van der Waals surface area contributed by atoms with Crippen molar-refractivity contribution < 1.29 is 18.7 Å². The van der Waals surface area contributed by atoms with Crippen molar-refractivity contribution in [3.63, 3.8) is 0 Å². The second kappa shape index (κ2) is 9.71. The summed E-state index contributed by atoms with van der Waals surface area (Å²) in [5, 5.41) is 2.58. The van der Waals surface area contributed by atoms with Crippen LogP contribution >= 0.6 is 0 Å². The molecule has 0 bridgehead atoms. The SMILES string of the molecule is COC(=O)C(C)CNC(=O)c1c(C)cc(CCCc2ccccc2)oc1=O. The molecule has 2 aromatic rings. The predicted molar refractivity (Wildman–Crippen MR) is 102 cm³/mol. The Balaban J connectivity index is 1.98. The van der Waals surface area contributed by atoms with Crippen molar-refractivity contribution in [3.05, 3.63) is 69.3 Å². The Morgan fingerprint density at radius 1 is 1.19 bits per heavy atom. The zero-order chi connectivity index (χ0) is 19.8. The highest BCUT2D eigenvalue weighted by Crippen LogP contribution is 2.11. The number of carbonyl (C=O) groups is 2. The van der Waals surface area contributed by atoms with E-state index in [0.717, 1.165) is 12.8 Å². The molecule has 144 valence electrons. The van der Waals surface area contributed by atoms with Crippen LogP contribution in [0.1, 0.15) is 40.6 Å². The second-order valence-electron chi connectivity index (χ2n) is 6.53. The molecule has 0 aliphatic carbocycles. The first-order valence-corrected chi connectivity index (χ1v) is 8.96. The number of amides is 1. The average Bonchev–Trinajstić information content (AvgIpc) is 2.65. The minimum atomic E-state index is -0.659. The number of hydrogen-bond donors (Lipinski definition) is 1. The number of benzene rings is 1. The van der Waals surface area contributed by atoms with Gasteiger partial charge in [0, 0.05) is 13.0 Å². The fourth-order valence-corrected chi connectivity index (χ4v) is 2.80. The molecule has 1 N–H and O–H groups in total. The number of esters is 1. The molecule has 27 heavy (non-hydrogen) atoms. The van der Waals surface area contributed by atoms with Gasteiger partial charge in [-0.3, -0.25) is 9.59 Å². The lowest BCUT2D eigenvalue weighted by Gasteiger charge is -2.11. The summed E-state index contributed by atoms with van der Waals surface area (Å²) in [4.78, 5) is 35.9. The van der Waals surface area contributed by atoms with E-state index in [4.69, 9.17) is 4.42 Å². The summed E-state index contributed by atoms with van der Waals surface area (Å²) in [5.41, 5.74) is 1.10. The lowest BCUT2D eigenvalue weighted by Crippen LogP contribution is -2.35. The molecule has 1 heterocycles. The molecule has 0 fully saturated rings. The molecule has 0 spiro atoms. The Hall–Kier alpha value is -2.89. The molecule has 0 saturated carbocycles. The van der Waals surface area contributed by atoms with Crippen LogP contribution in [0.3, 0.4) is 0 Å². The van der Waals surface area contributed by atoms with Crippen molar-refractivity contribution in [2.24, 2.45) is 5.92 Å². The third kappa shape index (κ3) is 5.81. The average molecular weight is 371 g/mol. The highest BCUT2D eigenvalue weighted by atomic mass is 16.5. The van der Waals surface area contributed by atoms with Crippen molar-refractivity contribution in [3.8, 4) is 0 Å². The van der Waals surface area contributed by atoms with Crippen LogP contribution < -0.4 is 10.9 Å². The van der Waals surface area contributed by atoms with Gasteiger partial charge < -0.3 is 14.5 Å². The second-order valence-corrected chi connectivity index (χ2v) is 6.53. The standard InChI is InChI=1S/C21H25NO5/c1-14-12-17(11-7-10-16-8-5-4-6-9-16)27-21(25)18(14)19(23)22-13-15(2)20(24)26-3/h4-6,8-9,12,15H,7,10-11,13H2,1-3H3,(H,22,23). The van der Waals surface area contributed by atoms with Gasteiger partial charge in [-0.25, -0.2) is 4.79 Å². The number of carbonyl (C=O) groups excluding carboxylic acids is 2. The number of nitrogens with one attached hydrogen (secondary N) is 1. The van der Waals surface area contributed by atoms with E-state index in [1.807, 2.05) is 18.2 Å². The Labute approximate surface area is 158 Å². The minimum absolute atomic E-state index is 0.0288. The molecule has 0 saturated heterocycles. The van der Waals surface area contributed by atoms with Gasteiger partial charge in [-0.05, 0) is 37.0 Å². The monoisotopic (exact) mass is 371 g/mol. The zero-order valence-corrected chi connectivity index (χ0v) is 15.9. The summed E-state index contributed by atoms with van der Waals surface area (Å²) in [6.07, 6.45) is 2.35. The maximum atomic E-state index is 12.3. The molecule has 1 aromatic heterocycles. The van der Waals surface area contributed by atoms with Gasteiger partial charge >= 0.3 is 11.6 Å². The Kier molecular flexibility index (Phi) is 7.34. The lowest BCUT2D eigenvalue weighted by molar-refractivity contribution is -0.144. The molecule has 0 aliphatic rings. The van der Waals surface area contributed by atoms with Crippen molar-refractivity contribution in [1.29, 1.82) is 0 Å². The van der Waals surface area contributed by atoms with E-state index < -0.39 is 23.4 Å². The molecule has 0 radical (unpaired) electrons. The van der Waals surface area contributed by atoms with Gasteiger partial charge in [0.2, 0.25) is 0 Å². The van der Waals surface area contributed by atoms with E-state index >= 15 is 0 Å². The third-order valence-corrected chi connectivity index (χ3v) is 4.33. The molecule has 0 aliphatic heterocycles. The van der Waals surface area contributed by atoms with Crippen molar-refractivity contribution in [2.45, 2.75) is 33.1 Å². The third-order valence-electron chi connectivity index (χ3n) is 4.33. The van der Waals surface area contributed by atoms with Crippen LogP contribution in [0.15, 0.2) is 45.6 Å². The van der Waals surface area contributed by atoms with Crippen LogP contribution in [0.5, 0.6) is 0 Å². The quantitative estimate of drug-likeness (QED) is 0.721. The summed E-state index contributed by atoms with van der Waals surface area (Å²) >= 11 is 0. The van der Waals surface area contributed by atoms with E-state index in [0.29, 0.717) is 17.7 Å². The first-order chi connectivity index (χ1) is 12.9. The topological polar surface area (TPSA) is 85.6 Å². The number of aryl methyl sites for hydroxylation is 3. The summed E-state index contributed by atoms with van der Waals surface area (Å²) < 4.78 is 9.93. The van der Waals surface area contributed by atoms with Crippen LogP contribution in [0.2, 0.25) is 0 Å². The summed E-state index contributed by atoms with van der Waals surface area (Å²) in [6, 6.07) is 11.8. The maximum absolute atomic E-state index is 12.3. The summed E-state index contributed by atoms with van der Waals surface area (Å²) in [7, 11) is 1.29. The first kappa shape index (κ1) is 20.4. The number of ether oxygens (including phenoxy) is 1. The highest BCUT2D eigenvalue weighted by Gasteiger charge is 2.19. The number of rotatable bonds is 8. The predicted octanol–water partition coefficient (Wildman–Crippen LogP) is 2.66. The molecule has 6 heteroatoms. The Morgan fingerprint density at radius 3 is 2.52 bits per heavy atom. The van der Waals surface area contributed by atoms with Gasteiger partial charge in [0.15, 0.2) is 0 Å². The maximum Gasteiger partial charge on any atom is 0.349 e. The molecular weight excluding hydrogens is 346 g/mol. The summed E-state index contributed by atoms with van der Waals surface area (Å²) in [6.45, 7) is 3.43. The molecule has 2 rings (SSSR count). The van der Waals surface area contributed by atoms with Gasteiger partial charge in [0.05, 0.1) is 13.0 Å². The van der Waals surface area contributed by atoms with Gasteiger partial charge in [0.25, 0.3) is 5.91 Å². The van der Waals surface area contributed by atoms with Crippen molar-refractivity contribution in [2.75, 3.05) is 13.7 Å². The zero-order valence-electron chi connectivity index (χ0n) is 15.9. The summed E-state index contributed by atoms with van der Waals surface area (Å²) in [5.74, 6) is -0.905. The Bertz CT molecular complexity index is 841. The van der Waals surface area contributed by atoms with Gasteiger partial charge in [-0.2, -0.15) is 0 Å². The van der Waals surface area contributed by atoms with E-state index in [2.05, 4.69) is 22.2 Å². The molecule has 1 atom stereocenters. The molecule has 1 amide bonds. The van der Waals surface area contributed by atoms with E-state index in [-0.39, 0.29) is 12.1 Å². The first-order valence-electron chi connectivity index (χ1n) is 8.96. The fourth-order valence-electron chi connectivity index (χ4n) is 2.80. The number of methoxy groups -OCH3 is 1. The fraction of sp³-hybridized carbons (Fsp3) is 0.381. The smallest absolute Gasteiger partial charge is 0.349 e. The lowest BCUT2D eigenvalue weighted by atomic mass is 10.1. The largest absolute Gasteiger partial charge is 0.469 e. The van der Waals surface area contributed by atoms with E-state index in [1.165, 1.54) is 12.7 Å². The molecule has 1 aromatic carbocycles. The molecule has 1 unspecified atom stereocenters. The Morgan fingerprint density at radius 2 is 1.89 bits per heavy atom. The molecular formula is C21H25NO5. The van der Waals surface area contributed by atoms with Gasteiger partial charge in [-0.1, -0.05) is 37.3 Å². The van der Waals surface area contributed by atoms with E-state index in [9.17, 15) is 14.4 Å². The van der Waals surface area contributed by atoms with Crippen molar-refractivity contribution in [1.82, 2.24) is 5.32 Å². The van der Waals surface area contributed by atoms with Gasteiger partial charge in [-0.15, -0.1) is 0 Å². The normalized spacial score (nSPS) is 11.7. The number of hydrogen-bond acceptors (Lipinski definition) is 5. The van der Waals surface area contributed by atoms with Crippen LogP contribution in [0.4, 0.5) is 0 Å². The van der Waals surface area contributed by atoms with Crippen LogP contribution in [0.25, 0.3) is 0 Å². The van der Waals surface area contributed by atoms with E-state index in [1.54, 1.807) is 19.9 Å². The van der Waals surface area contributed by atoms with Crippen molar-refractivity contribution >= 4 is 11.9 Å². The molecule has 6 nitrogen and oxygen atoms in total. The highest BCUT2D eigenvalue weighted by molar-refractivity contribution is 5.95. The van der Waals surface area contributed by atoms with Crippen LogP contribution in [0, 0.1) is 12.8 Å². The van der Waals surface area contributed by atoms with Crippen LogP contribution in [-0.4, -0.2) is 25.5 Å². The minimum Gasteiger partial charge on any atom is -0.469 e. The van der Waals surface area contributed by atoms with Gasteiger partial charge in [0.1, 0.15) is 11.3 Å². The van der Waals surface area contributed by atoms with Crippen LogP contribution in [-0.2, 0) is 22.4 Å².